The standard InChI is InChI=1S/C56H78O10/c1-35(57)65-47-19-17-43-51-37(31-39-33-41(59)21-25-53(39,3)45(51)23-27-55(43,47)5)13-11-15-49(61)63-29-9-7-8-10-30-64-50(62)16-12-14-38-32-40-34-42(60)22-26-54(40,4)46-24-28-56(6)44(52(38)46)18-20-48(56)66-36(2)58/h11-12,15-16,33-34,37-38,43-48,51-52H,7-10,13-14,17-32H2,1-6H3/b15-11+,16-12+/t37-,38-,43+,44+,45+,46+,47+,48+,51+,52+,53+,54+,55+,56+/m1/s1. The van der Waals surface area contributed by atoms with Crippen molar-refractivity contribution >= 4 is 35.4 Å². The van der Waals surface area contributed by atoms with Crippen LogP contribution in [0.4, 0.5) is 0 Å². The molecule has 0 bridgehead atoms. The fourth-order valence-electron chi connectivity index (χ4n) is 16.3. The number of rotatable bonds is 15. The summed E-state index contributed by atoms with van der Waals surface area (Å²) < 4.78 is 23.0. The lowest BCUT2D eigenvalue weighted by atomic mass is 9.44. The largest absolute Gasteiger partial charge is 0.463 e. The Bertz CT molecular complexity index is 1890. The van der Waals surface area contributed by atoms with E-state index in [2.05, 4.69) is 27.7 Å². The van der Waals surface area contributed by atoms with Crippen LogP contribution in [-0.2, 0) is 47.7 Å². The van der Waals surface area contributed by atoms with Crippen LogP contribution in [0.3, 0.4) is 0 Å². The van der Waals surface area contributed by atoms with Crippen molar-refractivity contribution in [2.24, 2.45) is 69.0 Å². The number of ketones is 2. The predicted octanol–water partition coefficient (Wildman–Crippen LogP) is 10.9. The van der Waals surface area contributed by atoms with Crippen LogP contribution in [0.25, 0.3) is 0 Å². The van der Waals surface area contributed by atoms with E-state index in [9.17, 15) is 28.8 Å². The van der Waals surface area contributed by atoms with Gasteiger partial charge in [-0.25, -0.2) is 9.59 Å². The number of carbonyl (C=O) groups is 6. The molecule has 14 atom stereocenters. The van der Waals surface area contributed by atoms with E-state index in [0.717, 1.165) is 116 Å². The molecular formula is C56H78O10. The van der Waals surface area contributed by atoms with Crippen molar-refractivity contribution < 1.29 is 47.7 Å². The molecule has 0 aliphatic heterocycles. The summed E-state index contributed by atoms with van der Waals surface area (Å²) in [6.07, 6.45) is 28.4. The van der Waals surface area contributed by atoms with Gasteiger partial charge in [0.25, 0.3) is 0 Å². The maximum Gasteiger partial charge on any atom is 0.330 e. The monoisotopic (exact) mass is 911 g/mol. The second-order valence-electron chi connectivity index (χ2n) is 23.1. The third-order valence-electron chi connectivity index (χ3n) is 19.6. The molecule has 8 rings (SSSR count). The van der Waals surface area contributed by atoms with E-state index >= 15 is 0 Å². The lowest BCUT2D eigenvalue weighted by Crippen LogP contribution is -2.54. The maximum atomic E-state index is 12.8. The molecule has 0 aromatic rings. The zero-order valence-electron chi connectivity index (χ0n) is 40.9. The van der Waals surface area contributed by atoms with Crippen LogP contribution in [0.1, 0.15) is 170 Å². The summed E-state index contributed by atoms with van der Waals surface area (Å²) in [6.45, 7) is 13.1. The minimum absolute atomic E-state index is 0.0200. The van der Waals surface area contributed by atoms with Gasteiger partial charge in [-0.05, 0) is 186 Å². The van der Waals surface area contributed by atoms with Crippen LogP contribution in [0, 0.1) is 69.0 Å². The first-order chi connectivity index (χ1) is 31.5. The minimum Gasteiger partial charge on any atom is -0.463 e. The summed E-state index contributed by atoms with van der Waals surface area (Å²) in [5.74, 6) is 2.70. The first-order valence-corrected chi connectivity index (χ1v) is 25.9. The second-order valence-corrected chi connectivity index (χ2v) is 23.1. The SMILES string of the molecule is CC(=O)O[C@H]1CC[C@H]2[C@@H]3[C@H](C/C=C/C(=O)OCCCCCCOC(=O)/C=C/C[C@@H]4CC5=CC(=O)CC[C@]5(C)[C@H]5CC[C@]6(C)[C@@H](OC(C)=O)CC[C@H]6[C@H]45)CC4=CC(=O)CC[C@]4(C)[C@H]3CC[C@]12C. The Kier molecular flexibility index (Phi) is 14.5. The van der Waals surface area contributed by atoms with E-state index in [-0.39, 0.29) is 69.3 Å². The van der Waals surface area contributed by atoms with Crippen LogP contribution < -0.4 is 0 Å². The van der Waals surface area contributed by atoms with Crippen molar-refractivity contribution in [3.8, 4) is 0 Å². The summed E-state index contributed by atoms with van der Waals surface area (Å²) in [5.41, 5.74) is 2.51. The van der Waals surface area contributed by atoms with Crippen molar-refractivity contribution in [2.75, 3.05) is 13.2 Å². The molecular weight excluding hydrogens is 833 g/mol. The molecule has 0 aromatic carbocycles. The average Bonchev–Trinajstić information content (AvgIpc) is 3.77. The number of hydrogen-bond acceptors (Lipinski definition) is 10. The predicted molar refractivity (Wildman–Crippen MR) is 250 cm³/mol. The van der Waals surface area contributed by atoms with E-state index in [1.807, 2.05) is 24.3 Å². The Morgan fingerprint density at radius 1 is 0.561 bits per heavy atom. The van der Waals surface area contributed by atoms with Crippen LogP contribution in [0.15, 0.2) is 47.6 Å². The van der Waals surface area contributed by atoms with Gasteiger partial charge in [0.1, 0.15) is 12.2 Å². The number of esters is 4. The molecule has 66 heavy (non-hydrogen) atoms. The Morgan fingerprint density at radius 2 is 0.970 bits per heavy atom. The molecule has 0 N–H and O–H groups in total. The molecule has 0 aromatic heterocycles. The van der Waals surface area contributed by atoms with E-state index in [0.29, 0.717) is 73.4 Å². The van der Waals surface area contributed by atoms with Crippen LogP contribution in [-0.4, -0.2) is 60.9 Å². The Hall–Kier alpha value is -3.82. The highest BCUT2D eigenvalue weighted by Gasteiger charge is 2.63. The number of fused-ring (bicyclic) bond motifs is 10. The van der Waals surface area contributed by atoms with Crippen molar-refractivity contribution in [1.29, 1.82) is 0 Å². The van der Waals surface area contributed by atoms with Crippen LogP contribution >= 0.6 is 0 Å². The number of ether oxygens (including phenoxy) is 4. The van der Waals surface area contributed by atoms with Crippen molar-refractivity contribution in [3.63, 3.8) is 0 Å². The van der Waals surface area contributed by atoms with Gasteiger partial charge in [-0.15, -0.1) is 0 Å². The third kappa shape index (κ3) is 9.47. The molecule has 0 radical (unpaired) electrons. The summed E-state index contributed by atoms with van der Waals surface area (Å²) in [4.78, 5) is 75.0. The van der Waals surface area contributed by atoms with E-state index in [1.54, 1.807) is 12.2 Å². The molecule has 10 heteroatoms. The highest BCUT2D eigenvalue weighted by atomic mass is 16.6. The molecule has 8 aliphatic rings. The van der Waals surface area contributed by atoms with Gasteiger partial charge in [0.05, 0.1) is 13.2 Å². The smallest absolute Gasteiger partial charge is 0.330 e. The Balaban J connectivity index is 0.764. The van der Waals surface area contributed by atoms with Gasteiger partial charge in [0, 0.05) is 49.7 Å². The molecule has 8 aliphatic carbocycles. The first kappa shape index (κ1) is 48.6. The lowest BCUT2D eigenvalue weighted by Gasteiger charge is -2.60. The number of allylic oxidation sites excluding steroid dienone is 4. The van der Waals surface area contributed by atoms with Gasteiger partial charge in [-0.3, -0.25) is 19.2 Å². The van der Waals surface area contributed by atoms with Gasteiger partial charge in [-0.2, -0.15) is 0 Å². The highest BCUT2D eigenvalue weighted by Crippen LogP contribution is 2.69. The highest BCUT2D eigenvalue weighted by molar-refractivity contribution is 5.92. The lowest BCUT2D eigenvalue weighted by molar-refractivity contribution is -0.159. The molecule has 0 saturated heterocycles. The van der Waals surface area contributed by atoms with Crippen molar-refractivity contribution in [2.45, 2.75) is 182 Å². The molecule has 10 nitrogen and oxygen atoms in total. The average molecular weight is 911 g/mol. The van der Waals surface area contributed by atoms with Gasteiger partial charge < -0.3 is 18.9 Å². The third-order valence-corrected chi connectivity index (χ3v) is 19.6. The second kappa shape index (κ2) is 19.7. The Morgan fingerprint density at radius 3 is 1.36 bits per heavy atom. The van der Waals surface area contributed by atoms with Crippen LogP contribution in [0.2, 0.25) is 0 Å². The van der Waals surface area contributed by atoms with E-state index in [4.69, 9.17) is 18.9 Å². The molecule has 0 spiro atoms. The fraction of sp³-hybridized carbons (Fsp3) is 0.750. The van der Waals surface area contributed by atoms with Gasteiger partial charge >= 0.3 is 23.9 Å². The summed E-state index contributed by atoms with van der Waals surface area (Å²) >= 11 is 0. The number of unbranched alkanes of at least 4 members (excludes halogenated alkanes) is 3. The van der Waals surface area contributed by atoms with Crippen molar-refractivity contribution in [1.82, 2.24) is 0 Å². The fourth-order valence-corrected chi connectivity index (χ4v) is 16.3. The van der Waals surface area contributed by atoms with Crippen molar-refractivity contribution in [3.05, 3.63) is 47.6 Å². The zero-order chi connectivity index (χ0) is 47.0. The number of hydrogen-bond donors (Lipinski definition) is 0. The van der Waals surface area contributed by atoms with E-state index in [1.165, 1.54) is 25.0 Å². The number of carbonyl (C=O) groups excluding carboxylic acids is 6. The van der Waals surface area contributed by atoms with Gasteiger partial charge in [-0.1, -0.05) is 51.0 Å². The van der Waals surface area contributed by atoms with Gasteiger partial charge in [0.2, 0.25) is 0 Å². The molecule has 362 valence electrons. The molecule has 0 amide bonds. The quantitative estimate of drug-likeness (QED) is 0.0675. The molecule has 6 fully saturated rings. The van der Waals surface area contributed by atoms with E-state index < -0.39 is 0 Å². The summed E-state index contributed by atoms with van der Waals surface area (Å²) in [6, 6.07) is 0. The summed E-state index contributed by atoms with van der Waals surface area (Å²) in [7, 11) is 0. The maximum absolute atomic E-state index is 12.8. The molecule has 0 heterocycles. The topological polar surface area (TPSA) is 139 Å². The zero-order valence-corrected chi connectivity index (χ0v) is 40.9. The molecule has 0 unspecified atom stereocenters. The molecule has 6 saturated carbocycles. The first-order valence-electron chi connectivity index (χ1n) is 25.9. The normalized spacial score (nSPS) is 40.2. The van der Waals surface area contributed by atoms with Gasteiger partial charge in [0.15, 0.2) is 11.6 Å². The summed E-state index contributed by atoms with van der Waals surface area (Å²) in [5, 5.41) is 0. The van der Waals surface area contributed by atoms with Crippen LogP contribution in [0.5, 0.6) is 0 Å². The Labute approximate surface area is 393 Å². The minimum atomic E-state index is -0.335.